The Morgan fingerprint density at radius 1 is 0.925 bits per heavy atom. The van der Waals surface area contributed by atoms with E-state index in [9.17, 15) is 18.0 Å². The number of carbonyl (C=O) groups excluding carboxylic acids is 2. The van der Waals surface area contributed by atoms with Gasteiger partial charge in [-0.25, -0.2) is 8.42 Å². The van der Waals surface area contributed by atoms with Gasteiger partial charge in [0.25, 0.3) is 10.0 Å². The highest BCUT2D eigenvalue weighted by atomic mass is 32.2. The van der Waals surface area contributed by atoms with Crippen LogP contribution in [-0.4, -0.2) is 51.4 Å². The van der Waals surface area contributed by atoms with Crippen LogP contribution in [0.1, 0.15) is 51.2 Å². The lowest BCUT2D eigenvalue weighted by atomic mass is 10.0. The fraction of sp³-hybridized carbons (Fsp3) is 0.355. The molecule has 0 aromatic heterocycles. The van der Waals surface area contributed by atoms with Gasteiger partial charge in [-0.2, -0.15) is 0 Å². The standard InChI is InChI=1S/C31H39N3O5S/c1-6-19-32-31(36)24(4)33(21-25-11-10-12-28(20-25)39-5)30(35)22-34(27-17-15-26(16-18-27)23(2)3)40(37,38)29-13-8-7-9-14-29/h7-18,20,23-24H,6,19,21-22H2,1-5H3,(H,32,36). The Labute approximate surface area is 238 Å². The summed E-state index contributed by atoms with van der Waals surface area (Å²) >= 11 is 0. The minimum absolute atomic E-state index is 0.0730. The number of amides is 2. The molecule has 1 unspecified atom stereocenters. The number of anilines is 1. The SMILES string of the molecule is CCCNC(=O)C(C)N(Cc1cccc(OC)c1)C(=O)CN(c1ccc(C(C)C)cc1)S(=O)(=O)c1ccccc1. The van der Waals surface area contributed by atoms with Gasteiger partial charge in [0.2, 0.25) is 11.8 Å². The Morgan fingerprint density at radius 2 is 1.60 bits per heavy atom. The average Bonchev–Trinajstić information content (AvgIpc) is 2.97. The molecule has 9 heteroatoms. The number of ether oxygens (including phenoxy) is 1. The van der Waals surface area contributed by atoms with Crippen molar-refractivity contribution in [1.82, 2.24) is 10.2 Å². The van der Waals surface area contributed by atoms with Crippen molar-refractivity contribution in [2.75, 3.05) is 24.5 Å². The van der Waals surface area contributed by atoms with Crippen LogP contribution in [0.25, 0.3) is 0 Å². The number of carbonyl (C=O) groups is 2. The van der Waals surface area contributed by atoms with Crippen LogP contribution >= 0.6 is 0 Å². The van der Waals surface area contributed by atoms with E-state index in [1.54, 1.807) is 62.6 Å². The number of nitrogens with zero attached hydrogens (tertiary/aromatic N) is 2. The monoisotopic (exact) mass is 565 g/mol. The Hall–Kier alpha value is -3.85. The molecular weight excluding hydrogens is 526 g/mol. The van der Waals surface area contributed by atoms with Crippen LogP contribution < -0.4 is 14.4 Å². The highest BCUT2D eigenvalue weighted by Crippen LogP contribution is 2.27. The van der Waals surface area contributed by atoms with Crippen molar-refractivity contribution in [3.05, 3.63) is 90.0 Å². The van der Waals surface area contributed by atoms with E-state index in [0.29, 0.717) is 18.0 Å². The van der Waals surface area contributed by atoms with Gasteiger partial charge in [0.05, 0.1) is 17.7 Å². The number of rotatable bonds is 13. The number of benzene rings is 3. The zero-order chi connectivity index (χ0) is 29.3. The largest absolute Gasteiger partial charge is 0.497 e. The Balaban J connectivity index is 2.02. The topological polar surface area (TPSA) is 96.0 Å². The zero-order valence-electron chi connectivity index (χ0n) is 23.8. The zero-order valence-corrected chi connectivity index (χ0v) is 24.6. The van der Waals surface area contributed by atoms with Crippen molar-refractivity contribution in [2.24, 2.45) is 0 Å². The quantitative estimate of drug-likeness (QED) is 0.316. The summed E-state index contributed by atoms with van der Waals surface area (Å²) in [5.74, 6) is 0.0634. The minimum Gasteiger partial charge on any atom is -0.497 e. The molecule has 0 spiro atoms. The van der Waals surface area contributed by atoms with Gasteiger partial charge in [-0.1, -0.05) is 63.2 Å². The van der Waals surface area contributed by atoms with Gasteiger partial charge in [0.15, 0.2) is 0 Å². The molecule has 214 valence electrons. The smallest absolute Gasteiger partial charge is 0.264 e. The number of hydrogen-bond donors (Lipinski definition) is 1. The van der Waals surface area contributed by atoms with E-state index in [1.807, 2.05) is 25.1 Å². The third-order valence-electron chi connectivity index (χ3n) is 6.66. The number of nitrogens with one attached hydrogen (secondary N) is 1. The molecule has 0 bridgehead atoms. The Bertz CT molecular complexity index is 1380. The maximum absolute atomic E-state index is 14.0. The highest BCUT2D eigenvalue weighted by Gasteiger charge is 2.32. The predicted molar refractivity (Wildman–Crippen MR) is 158 cm³/mol. The van der Waals surface area contributed by atoms with E-state index >= 15 is 0 Å². The van der Waals surface area contributed by atoms with Crippen LogP contribution in [0.4, 0.5) is 5.69 Å². The molecule has 3 aromatic carbocycles. The summed E-state index contributed by atoms with van der Waals surface area (Å²) in [5, 5.41) is 2.84. The number of hydrogen-bond acceptors (Lipinski definition) is 5. The van der Waals surface area contributed by atoms with E-state index in [1.165, 1.54) is 17.0 Å². The summed E-state index contributed by atoms with van der Waals surface area (Å²) in [6, 6.07) is 21.6. The van der Waals surface area contributed by atoms with E-state index in [0.717, 1.165) is 21.9 Å². The van der Waals surface area contributed by atoms with Crippen LogP contribution in [0.5, 0.6) is 5.75 Å². The third kappa shape index (κ3) is 7.63. The molecule has 0 radical (unpaired) electrons. The summed E-state index contributed by atoms with van der Waals surface area (Å²) in [4.78, 5) is 28.4. The van der Waals surface area contributed by atoms with Crippen molar-refractivity contribution in [2.45, 2.75) is 57.5 Å². The van der Waals surface area contributed by atoms with Gasteiger partial charge in [0.1, 0.15) is 18.3 Å². The Morgan fingerprint density at radius 3 is 2.20 bits per heavy atom. The lowest BCUT2D eigenvalue weighted by Crippen LogP contribution is -2.51. The molecule has 0 aliphatic rings. The molecule has 40 heavy (non-hydrogen) atoms. The van der Waals surface area contributed by atoms with E-state index in [2.05, 4.69) is 19.2 Å². The molecule has 0 saturated carbocycles. The van der Waals surface area contributed by atoms with Gasteiger partial charge in [-0.05, 0) is 66.8 Å². The molecule has 1 atom stereocenters. The van der Waals surface area contributed by atoms with Crippen molar-refractivity contribution >= 4 is 27.5 Å². The normalized spacial score (nSPS) is 12.1. The van der Waals surface area contributed by atoms with Crippen LogP contribution in [0.2, 0.25) is 0 Å². The Kier molecular flexibility index (Phi) is 10.7. The second kappa shape index (κ2) is 14.0. The van der Waals surface area contributed by atoms with Gasteiger partial charge in [-0.15, -0.1) is 0 Å². The summed E-state index contributed by atoms with van der Waals surface area (Å²) < 4.78 is 34.2. The van der Waals surface area contributed by atoms with Crippen LogP contribution in [0, 0.1) is 0 Å². The lowest BCUT2D eigenvalue weighted by Gasteiger charge is -2.32. The highest BCUT2D eigenvalue weighted by molar-refractivity contribution is 7.92. The minimum atomic E-state index is -4.09. The van der Waals surface area contributed by atoms with Gasteiger partial charge < -0.3 is 15.0 Å². The molecule has 0 aliphatic heterocycles. The summed E-state index contributed by atoms with van der Waals surface area (Å²) in [6.07, 6.45) is 0.748. The first-order valence-electron chi connectivity index (χ1n) is 13.5. The second-order valence-electron chi connectivity index (χ2n) is 9.91. The number of methoxy groups -OCH3 is 1. The van der Waals surface area contributed by atoms with Crippen molar-refractivity contribution in [3.8, 4) is 5.75 Å². The fourth-order valence-corrected chi connectivity index (χ4v) is 5.66. The van der Waals surface area contributed by atoms with E-state index in [4.69, 9.17) is 4.74 Å². The molecule has 8 nitrogen and oxygen atoms in total. The third-order valence-corrected chi connectivity index (χ3v) is 8.45. The second-order valence-corrected chi connectivity index (χ2v) is 11.8. The maximum atomic E-state index is 14.0. The molecule has 0 aliphatic carbocycles. The van der Waals surface area contributed by atoms with Gasteiger partial charge >= 0.3 is 0 Å². The molecule has 1 N–H and O–H groups in total. The molecule has 0 fully saturated rings. The average molecular weight is 566 g/mol. The fourth-order valence-electron chi connectivity index (χ4n) is 4.22. The van der Waals surface area contributed by atoms with Crippen molar-refractivity contribution in [3.63, 3.8) is 0 Å². The summed E-state index contributed by atoms with van der Waals surface area (Å²) in [5.41, 5.74) is 2.17. The first-order chi connectivity index (χ1) is 19.1. The first-order valence-corrected chi connectivity index (χ1v) is 14.9. The van der Waals surface area contributed by atoms with Crippen LogP contribution in [-0.2, 0) is 26.2 Å². The summed E-state index contributed by atoms with van der Waals surface area (Å²) in [7, 11) is -2.54. The van der Waals surface area contributed by atoms with Crippen molar-refractivity contribution < 1.29 is 22.7 Å². The molecule has 3 aromatic rings. The number of sulfonamides is 1. The predicted octanol–water partition coefficient (Wildman–Crippen LogP) is 4.96. The molecule has 3 rings (SSSR count). The molecule has 0 heterocycles. The lowest BCUT2D eigenvalue weighted by molar-refractivity contribution is -0.139. The van der Waals surface area contributed by atoms with Crippen molar-refractivity contribution in [1.29, 1.82) is 0 Å². The van der Waals surface area contributed by atoms with Gasteiger partial charge in [-0.3, -0.25) is 13.9 Å². The molecule has 2 amide bonds. The van der Waals surface area contributed by atoms with Crippen LogP contribution in [0.15, 0.2) is 83.8 Å². The summed E-state index contributed by atoms with van der Waals surface area (Å²) in [6.45, 7) is 7.80. The molecular formula is C31H39N3O5S. The van der Waals surface area contributed by atoms with Crippen LogP contribution in [0.3, 0.4) is 0 Å². The van der Waals surface area contributed by atoms with E-state index in [-0.39, 0.29) is 23.3 Å². The first kappa shape index (κ1) is 30.7. The maximum Gasteiger partial charge on any atom is 0.264 e. The van der Waals surface area contributed by atoms with E-state index < -0.39 is 28.5 Å². The van der Waals surface area contributed by atoms with Gasteiger partial charge in [0, 0.05) is 13.1 Å². The molecule has 0 saturated heterocycles.